The van der Waals surface area contributed by atoms with Crippen molar-refractivity contribution in [2.24, 2.45) is 0 Å². The van der Waals surface area contributed by atoms with Crippen molar-refractivity contribution in [3.05, 3.63) is 24.5 Å². The van der Waals surface area contributed by atoms with Crippen LogP contribution < -0.4 is 10.1 Å². The van der Waals surface area contributed by atoms with E-state index in [0.717, 1.165) is 22.4 Å². The zero-order valence-corrected chi connectivity index (χ0v) is 7.63. The number of hydrogen-bond acceptors (Lipinski definition) is 3. The van der Waals surface area contributed by atoms with Crippen LogP contribution in [0, 0.1) is 0 Å². The van der Waals surface area contributed by atoms with Crippen LogP contribution in [-0.2, 0) is 0 Å². The fourth-order valence-corrected chi connectivity index (χ4v) is 1.34. The van der Waals surface area contributed by atoms with Crippen LogP contribution in [0.3, 0.4) is 0 Å². The molecule has 0 radical (unpaired) electrons. The SMILES string of the molecule is CNc1occ2ccc(OC)cc12. The molecule has 0 unspecified atom stereocenters. The Hall–Kier alpha value is -1.64. The number of nitrogens with one attached hydrogen (secondary N) is 1. The molecule has 2 rings (SSSR count). The number of anilines is 1. The number of fused-ring (bicyclic) bond motifs is 1. The van der Waals surface area contributed by atoms with Crippen molar-refractivity contribution >= 4 is 16.7 Å². The fourth-order valence-electron chi connectivity index (χ4n) is 1.34. The van der Waals surface area contributed by atoms with Gasteiger partial charge in [0.15, 0.2) is 5.88 Å². The summed E-state index contributed by atoms with van der Waals surface area (Å²) in [6, 6.07) is 5.83. The molecule has 1 aromatic heterocycles. The molecule has 3 heteroatoms. The van der Waals surface area contributed by atoms with Crippen LogP contribution in [0.2, 0.25) is 0 Å². The average Bonchev–Trinajstić information content (AvgIpc) is 2.59. The van der Waals surface area contributed by atoms with Crippen molar-refractivity contribution in [1.82, 2.24) is 0 Å². The molecule has 0 atom stereocenters. The van der Waals surface area contributed by atoms with Gasteiger partial charge in [0.1, 0.15) is 12.0 Å². The highest BCUT2D eigenvalue weighted by Gasteiger charge is 2.04. The normalized spacial score (nSPS) is 10.3. The number of furan rings is 1. The van der Waals surface area contributed by atoms with Crippen LogP contribution in [0.1, 0.15) is 0 Å². The molecule has 0 saturated carbocycles. The Morgan fingerprint density at radius 3 is 2.92 bits per heavy atom. The Morgan fingerprint density at radius 2 is 2.23 bits per heavy atom. The second kappa shape index (κ2) is 3.01. The third-order valence-electron chi connectivity index (χ3n) is 2.04. The van der Waals surface area contributed by atoms with E-state index in [2.05, 4.69) is 5.32 Å². The summed E-state index contributed by atoms with van der Waals surface area (Å²) in [6.07, 6.45) is 1.72. The van der Waals surface area contributed by atoms with E-state index in [1.165, 1.54) is 0 Å². The minimum absolute atomic E-state index is 0.772. The van der Waals surface area contributed by atoms with E-state index in [4.69, 9.17) is 9.15 Å². The highest BCUT2D eigenvalue weighted by molar-refractivity contribution is 5.92. The van der Waals surface area contributed by atoms with Crippen molar-refractivity contribution in [3.8, 4) is 5.75 Å². The van der Waals surface area contributed by atoms with E-state index in [0.29, 0.717) is 0 Å². The van der Waals surface area contributed by atoms with Crippen LogP contribution in [0.15, 0.2) is 28.9 Å². The van der Waals surface area contributed by atoms with Gasteiger partial charge in [-0.15, -0.1) is 0 Å². The molecule has 0 aliphatic carbocycles. The lowest BCUT2D eigenvalue weighted by Crippen LogP contribution is -1.85. The van der Waals surface area contributed by atoms with Crippen molar-refractivity contribution in [1.29, 1.82) is 0 Å². The van der Waals surface area contributed by atoms with Crippen LogP contribution in [0.25, 0.3) is 10.8 Å². The van der Waals surface area contributed by atoms with Gasteiger partial charge in [-0.2, -0.15) is 0 Å². The van der Waals surface area contributed by atoms with Gasteiger partial charge in [-0.25, -0.2) is 0 Å². The summed E-state index contributed by atoms with van der Waals surface area (Å²) < 4.78 is 10.4. The van der Waals surface area contributed by atoms with Gasteiger partial charge in [0.05, 0.1) is 7.11 Å². The minimum atomic E-state index is 0.772. The van der Waals surface area contributed by atoms with E-state index in [1.54, 1.807) is 13.4 Å². The molecule has 0 spiro atoms. The molecule has 0 aliphatic heterocycles. The molecule has 1 heterocycles. The standard InChI is InChI=1S/C10H11NO2/c1-11-10-9-5-8(12-2)4-3-7(9)6-13-10/h3-6,11H,1-2H3. The Balaban J connectivity index is 2.64. The highest BCUT2D eigenvalue weighted by atomic mass is 16.5. The molecule has 68 valence electrons. The summed E-state index contributed by atoms with van der Waals surface area (Å²) in [6.45, 7) is 0. The van der Waals surface area contributed by atoms with Crippen molar-refractivity contribution in [2.45, 2.75) is 0 Å². The molecule has 0 saturated heterocycles. The van der Waals surface area contributed by atoms with Gasteiger partial charge in [0.2, 0.25) is 0 Å². The molecule has 0 amide bonds. The summed E-state index contributed by atoms with van der Waals surface area (Å²) in [7, 11) is 3.48. The van der Waals surface area contributed by atoms with Gasteiger partial charge in [-0.1, -0.05) is 0 Å². The molecule has 13 heavy (non-hydrogen) atoms. The topological polar surface area (TPSA) is 34.4 Å². The van der Waals surface area contributed by atoms with Gasteiger partial charge in [-0.05, 0) is 18.2 Å². The van der Waals surface area contributed by atoms with Crippen molar-refractivity contribution in [3.63, 3.8) is 0 Å². The van der Waals surface area contributed by atoms with E-state index >= 15 is 0 Å². The lowest BCUT2D eigenvalue weighted by molar-refractivity contribution is 0.415. The first kappa shape index (κ1) is 7.98. The zero-order valence-electron chi connectivity index (χ0n) is 7.63. The number of methoxy groups -OCH3 is 1. The lowest BCUT2D eigenvalue weighted by Gasteiger charge is -1.99. The first-order valence-electron chi connectivity index (χ1n) is 4.08. The second-order valence-electron chi connectivity index (χ2n) is 2.77. The number of rotatable bonds is 2. The number of benzene rings is 1. The van der Waals surface area contributed by atoms with Crippen LogP contribution in [-0.4, -0.2) is 14.2 Å². The predicted octanol–water partition coefficient (Wildman–Crippen LogP) is 2.48. The Kier molecular flexibility index (Phi) is 1.85. The molecule has 1 N–H and O–H groups in total. The summed E-state index contributed by atoms with van der Waals surface area (Å²) >= 11 is 0. The fraction of sp³-hybridized carbons (Fsp3) is 0.200. The van der Waals surface area contributed by atoms with E-state index in [-0.39, 0.29) is 0 Å². The monoisotopic (exact) mass is 177 g/mol. The Bertz CT molecular complexity index is 420. The van der Waals surface area contributed by atoms with Gasteiger partial charge in [-0.3, -0.25) is 0 Å². The smallest absolute Gasteiger partial charge is 0.200 e. The summed E-state index contributed by atoms with van der Waals surface area (Å²) in [4.78, 5) is 0. The molecule has 0 fully saturated rings. The van der Waals surface area contributed by atoms with E-state index in [9.17, 15) is 0 Å². The first-order valence-corrected chi connectivity index (χ1v) is 4.08. The van der Waals surface area contributed by atoms with Crippen molar-refractivity contribution < 1.29 is 9.15 Å². The Morgan fingerprint density at radius 1 is 1.38 bits per heavy atom. The van der Waals surface area contributed by atoms with Gasteiger partial charge >= 0.3 is 0 Å². The third kappa shape index (κ3) is 1.22. The summed E-state index contributed by atoms with van der Waals surface area (Å²) in [5.74, 6) is 1.61. The minimum Gasteiger partial charge on any atom is -0.497 e. The number of ether oxygens (including phenoxy) is 1. The van der Waals surface area contributed by atoms with E-state index < -0.39 is 0 Å². The van der Waals surface area contributed by atoms with Crippen LogP contribution >= 0.6 is 0 Å². The van der Waals surface area contributed by atoms with E-state index in [1.807, 2.05) is 25.2 Å². The van der Waals surface area contributed by atoms with Gasteiger partial charge in [0, 0.05) is 17.8 Å². The molecular formula is C10H11NO2. The maximum atomic E-state index is 5.30. The van der Waals surface area contributed by atoms with Crippen LogP contribution in [0.5, 0.6) is 5.75 Å². The summed E-state index contributed by atoms with van der Waals surface area (Å²) in [5, 5.41) is 5.10. The zero-order chi connectivity index (χ0) is 9.26. The molecule has 2 aromatic rings. The lowest BCUT2D eigenvalue weighted by atomic mass is 10.2. The maximum absolute atomic E-state index is 5.30. The predicted molar refractivity (Wildman–Crippen MR) is 52.3 cm³/mol. The average molecular weight is 177 g/mol. The molecule has 0 bridgehead atoms. The highest BCUT2D eigenvalue weighted by Crippen LogP contribution is 2.28. The maximum Gasteiger partial charge on any atom is 0.200 e. The van der Waals surface area contributed by atoms with Crippen LogP contribution in [0.4, 0.5) is 5.88 Å². The number of hydrogen-bond donors (Lipinski definition) is 1. The molecule has 3 nitrogen and oxygen atoms in total. The Labute approximate surface area is 76.3 Å². The molecular weight excluding hydrogens is 166 g/mol. The van der Waals surface area contributed by atoms with Gasteiger partial charge in [0.25, 0.3) is 0 Å². The summed E-state index contributed by atoms with van der Waals surface area (Å²) in [5.41, 5.74) is 0. The van der Waals surface area contributed by atoms with Crippen molar-refractivity contribution in [2.75, 3.05) is 19.5 Å². The quantitative estimate of drug-likeness (QED) is 0.765. The van der Waals surface area contributed by atoms with Gasteiger partial charge < -0.3 is 14.5 Å². The second-order valence-corrected chi connectivity index (χ2v) is 2.77. The first-order chi connectivity index (χ1) is 6.35. The largest absolute Gasteiger partial charge is 0.497 e. The third-order valence-corrected chi connectivity index (χ3v) is 2.04. The molecule has 1 aromatic carbocycles. The molecule has 0 aliphatic rings.